The summed E-state index contributed by atoms with van der Waals surface area (Å²) in [7, 11) is 0. The molecule has 6 heteroatoms. The summed E-state index contributed by atoms with van der Waals surface area (Å²) in [6, 6.07) is 14.7. The minimum atomic E-state index is -1.05. The van der Waals surface area contributed by atoms with Crippen molar-refractivity contribution in [2.24, 2.45) is 0 Å². The lowest BCUT2D eigenvalue weighted by Crippen LogP contribution is -2.29. The predicted octanol–water partition coefficient (Wildman–Crippen LogP) is 7.04. The Morgan fingerprint density at radius 2 is 1.59 bits per heavy atom. The van der Waals surface area contributed by atoms with E-state index in [-0.39, 0.29) is 29.7 Å². The summed E-state index contributed by atoms with van der Waals surface area (Å²) in [4.78, 5) is 0. The van der Waals surface area contributed by atoms with Crippen molar-refractivity contribution in [2.45, 2.75) is 19.1 Å². The molecule has 3 aromatic rings. The zero-order chi connectivity index (χ0) is 24.1. The molecule has 4 rings (SSSR count). The Morgan fingerprint density at radius 1 is 0.912 bits per heavy atom. The fourth-order valence-electron chi connectivity index (χ4n) is 3.86. The highest BCUT2D eigenvalue weighted by Crippen LogP contribution is 2.33. The number of benzene rings is 3. The first kappa shape index (κ1) is 23.8. The van der Waals surface area contributed by atoms with Crippen molar-refractivity contribution in [2.75, 3.05) is 19.8 Å². The molecule has 0 N–H and O–H groups in total. The molecule has 1 aliphatic heterocycles. The Bertz CT molecular complexity index is 1180. The third-order valence-electron chi connectivity index (χ3n) is 5.65. The van der Waals surface area contributed by atoms with E-state index in [0.29, 0.717) is 29.9 Å². The first-order valence-electron chi connectivity index (χ1n) is 11.0. The van der Waals surface area contributed by atoms with Crippen LogP contribution in [0.15, 0.2) is 79.4 Å². The van der Waals surface area contributed by atoms with E-state index in [1.807, 2.05) is 25.1 Å². The van der Waals surface area contributed by atoms with E-state index >= 15 is 0 Å². The van der Waals surface area contributed by atoms with Gasteiger partial charge in [0, 0.05) is 11.5 Å². The van der Waals surface area contributed by atoms with E-state index in [1.54, 1.807) is 30.3 Å². The van der Waals surface area contributed by atoms with Crippen LogP contribution in [0.3, 0.4) is 0 Å². The molecule has 34 heavy (non-hydrogen) atoms. The Labute approximate surface area is 197 Å². The van der Waals surface area contributed by atoms with Crippen molar-refractivity contribution in [3.63, 3.8) is 0 Å². The maximum absolute atomic E-state index is 14.9. The minimum absolute atomic E-state index is 0.0806. The standard InChI is InChI=1S/C28H25F3O3/c1-3-5-26-33-16-21(17-34-26)22-11-10-20(15-24(22)29)18-6-8-19(9-7-18)23-12-13-25(32-14-4-2)28(31)27(23)30/h3-13,15,21,26H,2,14,16-17H2,1H3/b5-3+. The van der Waals surface area contributed by atoms with Crippen molar-refractivity contribution in [1.82, 2.24) is 0 Å². The van der Waals surface area contributed by atoms with Gasteiger partial charge in [-0.1, -0.05) is 55.1 Å². The van der Waals surface area contributed by atoms with E-state index in [0.717, 1.165) is 5.56 Å². The molecule has 0 radical (unpaired) electrons. The first-order chi connectivity index (χ1) is 16.5. The fraction of sp³-hybridized carbons (Fsp3) is 0.214. The van der Waals surface area contributed by atoms with Gasteiger partial charge in [0.2, 0.25) is 5.82 Å². The van der Waals surface area contributed by atoms with E-state index in [4.69, 9.17) is 14.2 Å². The molecule has 1 aliphatic rings. The molecule has 0 aliphatic carbocycles. The van der Waals surface area contributed by atoms with Crippen molar-refractivity contribution >= 4 is 0 Å². The largest absolute Gasteiger partial charge is 0.486 e. The third-order valence-corrected chi connectivity index (χ3v) is 5.65. The van der Waals surface area contributed by atoms with Gasteiger partial charge in [0.05, 0.1) is 13.2 Å². The maximum Gasteiger partial charge on any atom is 0.201 e. The number of ether oxygens (including phenoxy) is 3. The van der Waals surface area contributed by atoms with Crippen molar-refractivity contribution in [1.29, 1.82) is 0 Å². The second-order valence-electron chi connectivity index (χ2n) is 7.91. The van der Waals surface area contributed by atoms with Crippen LogP contribution >= 0.6 is 0 Å². The average molecular weight is 466 g/mol. The van der Waals surface area contributed by atoms with Crippen LogP contribution in [0.1, 0.15) is 18.4 Å². The van der Waals surface area contributed by atoms with E-state index in [2.05, 4.69) is 6.58 Å². The van der Waals surface area contributed by atoms with Crippen molar-refractivity contribution in [3.8, 4) is 28.0 Å². The smallest absolute Gasteiger partial charge is 0.201 e. The minimum Gasteiger partial charge on any atom is -0.486 e. The molecule has 0 spiro atoms. The summed E-state index contributed by atoms with van der Waals surface area (Å²) in [6.07, 6.45) is 4.72. The van der Waals surface area contributed by atoms with Crippen LogP contribution in [-0.4, -0.2) is 26.1 Å². The molecule has 0 saturated carbocycles. The zero-order valence-corrected chi connectivity index (χ0v) is 18.8. The summed E-state index contributed by atoms with van der Waals surface area (Å²) in [6.45, 7) is 6.20. The van der Waals surface area contributed by atoms with Gasteiger partial charge in [-0.15, -0.1) is 0 Å². The Hall–Kier alpha value is -3.35. The molecule has 0 amide bonds. The predicted molar refractivity (Wildman–Crippen MR) is 126 cm³/mol. The molecule has 3 nitrogen and oxygen atoms in total. The normalized spacial score (nSPS) is 18.2. The van der Waals surface area contributed by atoms with Crippen LogP contribution in [0.4, 0.5) is 13.2 Å². The molecular formula is C28H25F3O3. The van der Waals surface area contributed by atoms with Crippen LogP contribution in [0, 0.1) is 17.5 Å². The number of rotatable bonds is 7. The Morgan fingerprint density at radius 3 is 2.24 bits per heavy atom. The van der Waals surface area contributed by atoms with E-state index < -0.39 is 17.9 Å². The third kappa shape index (κ3) is 5.08. The lowest BCUT2D eigenvalue weighted by atomic mass is 9.95. The van der Waals surface area contributed by atoms with Crippen molar-refractivity contribution in [3.05, 3.63) is 102 Å². The van der Waals surface area contributed by atoms with Crippen LogP contribution in [0.5, 0.6) is 5.75 Å². The highest BCUT2D eigenvalue weighted by atomic mass is 19.2. The molecule has 0 aromatic heterocycles. The fourth-order valence-corrected chi connectivity index (χ4v) is 3.86. The van der Waals surface area contributed by atoms with Gasteiger partial charge in [-0.25, -0.2) is 8.78 Å². The quantitative estimate of drug-likeness (QED) is 0.350. The average Bonchev–Trinajstić information content (AvgIpc) is 2.86. The van der Waals surface area contributed by atoms with Crippen LogP contribution in [0.25, 0.3) is 22.3 Å². The van der Waals surface area contributed by atoms with Gasteiger partial charge < -0.3 is 14.2 Å². The number of hydrogen-bond acceptors (Lipinski definition) is 3. The zero-order valence-electron chi connectivity index (χ0n) is 18.8. The Balaban J connectivity index is 1.51. The molecule has 1 fully saturated rings. The lowest BCUT2D eigenvalue weighted by molar-refractivity contribution is -0.159. The monoisotopic (exact) mass is 466 g/mol. The van der Waals surface area contributed by atoms with Gasteiger partial charge in [-0.3, -0.25) is 0 Å². The van der Waals surface area contributed by atoms with Crippen LogP contribution < -0.4 is 4.74 Å². The molecule has 0 bridgehead atoms. The van der Waals surface area contributed by atoms with Crippen LogP contribution in [0.2, 0.25) is 0 Å². The van der Waals surface area contributed by atoms with Gasteiger partial charge in [0.15, 0.2) is 17.9 Å². The molecule has 0 unspecified atom stereocenters. The molecule has 1 heterocycles. The highest BCUT2D eigenvalue weighted by molar-refractivity contribution is 5.71. The summed E-state index contributed by atoms with van der Waals surface area (Å²) >= 11 is 0. The van der Waals surface area contributed by atoms with Gasteiger partial charge in [0.1, 0.15) is 12.4 Å². The number of halogens is 3. The molecule has 1 saturated heterocycles. The SMILES string of the molecule is C=CCOc1ccc(-c2ccc(-c3ccc(C4COC(/C=C/C)OC4)c(F)c3)cc2)c(F)c1F. The second kappa shape index (κ2) is 10.7. The summed E-state index contributed by atoms with van der Waals surface area (Å²) in [5.41, 5.74) is 2.59. The first-order valence-corrected chi connectivity index (χ1v) is 11.0. The molecule has 0 atom stereocenters. The molecule has 3 aromatic carbocycles. The van der Waals surface area contributed by atoms with Gasteiger partial charge in [-0.2, -0.15) is 4.39 Å². The topological polar surface area (TPSA) is 27.7 Å². The highest BCUT2D eigenvalue weighted by Gasteiger charge is 2.24. The van der Waals surface area contributed by atoms with Gasteiger partial charge >= 0.3 is 0 Å². The lowest BCUT2D eigenvalue weighted by Gasteiger charge is -2.28. The van der Waals surface area contributed by atoms with Crippen LogP contribution in [-0.2, 0) is 9.47 Å². The van der Waals surface area contributed by atoms with Gasteiger partial charge in [-0.05, 0) is 53.5 Å². The van der Waals surface area contributed by atoms with Crippen molar-refractivity contribution < 1.29 is 27.4 Å². The molecular weight excluding hydrogens is 441 g/mol. The number of hydrogen-bond donors (Lipinski definition) is 0. The Kier molecular flexibility index (Phi) is 7.50. The molecule has 176 valence electrons. The summed E-state index contributed by atoms with van der Waals surface area (Å²) in [5, 5.41) is 0. The second-order valence-corrected chi connectivity index (χ2v) is 7.91. The summed E-state index contributed by atoms with van der Waals surface area (Å²) < 4.78 is 60.1. The maximum atomic E-state index is 14.9. The number of allylic oxidation sites excluding steroid dienone is 1. The summed E-state index contributed by atoms with van der Waals surface area (Å²) in [5.74, 6) is -2.73. The van der Waals surface area contributed by atoms with E-state index in [9.17, 15) is 13.2 Å². The van der Waals surface area contributed by atoms with E-state index in [1.165, 1.54) is 24.3 Å². The van der Waals surface area contributed by atoms with Gasteiger partial charge in [0.25, 0.3) is 0 Å².